The smallest absolute Gasteiger partial charge is 0.409 e. The van der Waals surface area contributed by atoms with Crippen LogP contribution in [0.1, 0.15) is 19.8 Å². The summed E-state index contributed by atoms with van der Waals surface area (Å²) in [6.45, 7) is 4.59. The minimum absolute atomic E-state index is 0.0642. The van der Waals surface area contributed by atoms with Gasteiger partial charge < -0.3 is 19.3 Å². The van der Waals surface area contributed by atoms with E-state index in [0.717, 1.165) is 0 Å². The number of halogens is 2. The monoisotopic (exact) mass is 388 g/mol. The van der Waals surface area contributed by atoms with E-state index in [1.165, 1.54) is 0 Å². The molecular formula is C17H22Cl2N2O4. The molecule has 0 aliphatic carbocycles. The van der Waals surface area contributed by atoms with Gasteiger partial charge in [0.1, 0.15) is 5.75 Å². The number of carbonyl (C=O) groups excluding carboxylic acids is 2. The lowest BCUT2D eigenvalue weighted by Gasteiger charge is -2.34. The molecule has 8 heteroatoms. The van der Waals surface area contributed by atoms with Crippen molar-refractivity contribution in [2.75, 3.05) is 39.4 Å². The molecule has 0 atom stereocenters. The molecule has 138 valence electrons. The molecule has 0 aromatic heterocycles. The van der Waals surface area contributed by atoms with Crippen LogP contribution in [0.3, 0.4) is 0 Å². The molecule has 1 saturated heterocycles. The highest BCUT2D eigenvalue weighted by Crippen LogP contribution is 2.27. The van der Waals surface area contributed by atoms with E-state index >= 15 is 0 Å². The Bertz CT molecular complexity index is 604. The summed E-state index contributed by atoms with van der Waals surface area (Å²) in [5.41, 5.74) is 0. The van der Waals surface area contributed by atoms with Crippen molar-refractivity contribution in [3.8, 4) is 5.75 Å². The van der Waals surface area contributed by atoms with E-state index in [1.54, 1.807) is 34.9 Å². The molecule has 1 aromatic rings. The lowest BCUT2D eigenvalue weighted by atomic mass is 10.2. The fourth-order valence-electron chi connectivity index (χ4n) is 2.51. The highest BCUT2D eigenvalue weighted by molar-refractivity contribution is 6.35. The second-order valence-corrected chi connectivity index (χ2v) is 6.44. The van der Waals surface area contributed by atoms with Crippen LogP contribution in [0, 0.1) is 0 Å². The van der Waals surface area contributed by atoms with Gasteiger partial charge in [0.15, 0.2) is 0 Å². The van der Waals surface area contributed by atoms with Crippen LogP contribution in [0.25, 0.3) is 0 Å². The predicted octanol–water partition coefficient (Wildman–Crippen LogP) is 3.45. The van der Waals surface area contributed by atoms with E-state index < -0.39 is 0 Å². The number of amides is 2. The Kier molecular flexibility index (Phi) is 7.65. The van der Waals surface area contributed by atoms with Crippen LogP contribution in [-0.4, -0.2) is 61.2 Å². The summed E-state index contributed by atoms with van der Waals surface area (Å²) in [5.74, 6) is 0.621. The predicted molar refractivity (Wildman–Crippen MR) is 96.4 cm³/mol. The zero-order chi connectivity index (χ0) is 18.2. The maximum absolute atomic E-state index is 12.2. The van der Waals surface area contributed by atoms with Crippen LogP contribution in [0.5, 0.6) is 5.75 Å². The summed E-state index contributed by atoms with van der Waals surface area (Å²) in [6, 6.07) is 5.03. The van der Waals surface area contributed by atoms with E-state index in [9.17, 15) is 9.59 Å². The van der Waals surface area contributed by atoms with Crippen LogP contribution >= 0.6 is 23.2 Å². The van der Waals surface area contributed by atoms with Crippen LogP contribution in [-0.2, 0) is 9.53 Å². The first-order chi connectivity index (χ1) is 12.0. The van der Waals surface area contributed by atoms with Crippen molar-refractivity contribution in [3.05, 3.63) is 28.2 Å². The zero-order valence-corrected chi connectivity index (χ0v) is 15.7. The Balaban J connectivity index is 1.67. The summed E-state index contributed by atoms with van der Waals surface area (Å²) < 4.78 is 10.5. The SMILES string of the molecule is CCOC(=O)N1CCN(C(=O)CCCOc2ccc(Cl)cc2Cl)CC1. The Labute approximate surface area is 157 Å². The van der Waals surface area contributed by atoms with E-state index in [1.807, 2.05) is 0 Å². The topological polar surface area (TPSA) is 59.1 Å². The molecule has 0 spiro atoms. The lowest BCUT2D eigenvalue weighted by molar-refractivity contribution is -0.133. The number of piperazine rings is 1. The van der Waals surface area contributed by atoms with Crippen molar-refractivity contribution in [1.29, 1.82) is 0 Å². The van der Waals surface area contributed by atoms with Gasteiger partial charge in [0.05, 0.1) is 18.2 Å². The first-order valence-electron chi connectivity index (χ1n) is 8.28. The molecule has 2 rings (SSSR count). The molecule has 1 aromatic carbocycles. The van der Waals surface area contributed by atoms with Gasteiger partial charge in [-0.2, -0.15) is 0 Å². The molecule has 1 heterocycles. The van der Waals surface area contributed by atoms with Crippen molar-refractivity contribution in [1.82, 2.24) is 9.80 Å². The number of nitrogens with zero attached hydrogens (tertiary/aromatic N) is 2. The fraction of sp³-hybridized carbons (Fsp3) is 0.529. The van der Waals surface area contributed by atoms with Gasteiger partial charge in [-0.15, -0.1) is 0 Å². The minimum atomic E-state index is -0.317. The maximum Gasteiger partial charge on any atom is 0.409 e. The summed E-state index contributed by atoms with van der Waals surface area (Å²) in [6.07, 6.45) is 0.670. The van der Waals surface area contributed by atoms with Crippen LogP contribution in [0.2, 0.25) is 10.0 Å². The molecule has 6 nitrogen and oxygen atoms in total. The van der Waals surface area contributed by atoms with Gasteiger partial charge in [0.25, 0.3) is 0 Å². The Morgan fingerprint density at radius 1 is 1.12 bits per heavy atom. The number of benzene rings is 1. The van der Waals surface area contributed by atoms with Gasteiger partial charge in [-0.25, -0.2) is 4.79 Å². The van der Waals surface area contributed by atoms with Crippen LogP contribution in [0.4, 0.5) is 4.79 Å². The van der Waals surface area contributed by atoms with Crippen molar-refractivity contribution in [2.45, 2.75) is 19.8 Å². The molecule has 1 aliphatic heterocycles. The van der Waals surface area contributed by atoms with Crippen molar-refractivity contribution in [2.24, 2.45) is 0 Å². The third kappa shape index (κ3) is 5.97. The highest BCUT2D eigenvalue weighted by Gasteiger charge is 2.24. The molecule has 0 radical (unpaired) electrons. The van der Waals surface area contributed by atoms with Crippen LogP contribution in [0.15, 0.2) is 18.2 Å². The van der Waals surface area contributed by atoms with E-state index in [0.29, 0.717) is 68.0 Å². The van der Waals surface area contributed by atoms with Gasteiger partial charge in [-0.3, -0.25) is 4.79 Å². The van der Waals surface area contributed by atoms with Crippen molar-refractivity contribution in [3.63, 3.8) is 0 Å². The second-order valence-electron chi connectivity index (χ2n) is 5.59. The first-order valence-corrected chi connectivity index (χ1v) is 9.04. The zero-order valence-electron chi connectivity index (χ0n) is 14.2. The van der Waals surface area contributed by atoms with Gasteiger partial charge >= 0.3 is 6.09 Å². The Morgan fingerprint density at radius 3 is 2.44 bits per heavy atom. The largest absolute Gasteiger partial charge is 0.492 e. The quantitative estimate of drug-likeness (QED) is 0.700. The van der Waals surface area contributed by atoms with E-state index in [-0.39, 0.29) is 12.0 Å². The second kappa shape index (κ2) is 9.73. The highest BCUT2D eigenvalue weighted by atomic mass is 35.5. The number of ether oxygens (including phenoxy) is 2. The third-order valence-electron chi connectivity index (χ3n) is 3.84. The normalized spacial score (nSPS) is 14.4. The van der Waals surface area contributed by atoms with Crippen molar-refractivity contribution < 1.29 is 19.1 Å². The summed E-state index contributed by atoms with van der Waals surface area (Å²) in [4.78, 5) is 27.2. The number of rotatable bonds is 6. The van der Waals surface area contributed by atoms with Gasteiger partial charge in [-0.05, 0) is 31.5 Å². The number of hydrogen-bond donors (Lipinski definition) is 0. The van der Waals surface area contributed by atoms with Crippen LogP contribution < -0.4 is 4.74 Å². The molecule has 0 bridgehead atoms. The average molecular weight is 389 g/mol. The first kappa shape index (κ1) is 19.7. The molecular weight excluding hydrogens is 367 g/mol. The van der Waals surface area contributed by atoms with E-state index in [2.05, 4.69) is 0 Å². The number of carbonyl (C=O) groups is 2. The molecule has 25 heavy (non-hydrogen) atoms. The average Bonchev–Trinajstić information content (AvgIpc) is 2.60. The lowest BCUT2D eigenvalue weighted by Crippen LogP contribution is -2.50. The molecule has 1 aliphatic rings. The third-order valence-corrected chi connectivity index (χ3v) is 4.38. The molecule has 2 amide bonds. The Morgan fingerprint density at radius 2 is 1.80 bits per heavy atom. The molecule has 0 saturated carbocycles. The van der Waals surface area contributed by atoms with Crippen molar-refractivity contribution >= 4 is 35.2 Å². The Hall–Kier alpha value is -1.66. The van der Waals surface area contributed by atoms with Gasteiger partial charge in [-0.1, -0.05) is 23.2 Å². The van der Waals surface area contributed by atoms with Gasteiger partial charge in [0.2, 0.25) is 5.91 Å². The summed E-state index contributed by atoms with van der Waals surface area (Å²) in [7, 11) is 0. The fourth-order valence-corrected chi connectivity index (χ4v) is 2.97. The minimum Gasteiger partial charge on any atom is -0.492 e. The molecule has 1 fully saturated rings. The number of hydrogen-bond acceptors (Lipinski definition) is 4. The van der Waals surface area contributed by atoms with E-state index in [4.69, 9.17) is 32.7 Å². The van der Waals surface area contributed by atoms with Gasteiger partial charge in [0, 0.05) is 37.6 Å². The standard InChI is InChI=1S/C17H22Cl2N2O4/c1-2-24-17(23)21-9-7-20(8-10-21)16(22)4-3-11-25-15-6-5-13(18)12-14(15)19/h5-6,12H,2-4,7-11H2,1H3. The molecule has 0 N–H and O–H groups in total. The summed E-state index contributed by atoms with van der Waals surface area (Å²) >= 11 is 11.9. The maximum atomic E-state index is 12.2. The summed E-state index contributed by atoms with van der Waals surface area (Å²) in [5, 5.41) is 1.00. The molecule has 0 unspecified atom stereocenters.